The number of fused-ring (bicyclic) bond motifs is 2. The zero-order valence-corrected chi connectivity index (χ0v) is 18.8. The lowest BCUT2D eigenvalue weighted by molar-refractivity contribution is -0.137. The van der Waals surface area contributed by atoms with E-state index < -0.39 is 5.60 Å². The van der Waals surface area contributed by atoms with E-state index in [-0.39, 0.29) is 17.8 Å². The Bertz CT molecular complexity index is 993. The highest BCUT2D eigenvalue weighted by molar-refractivity contribution is 5.93. The largest absolute Gasteiger partial charge is 0.449 e. The molecule has 168 valence electrons. The van der Waals surface area contributed by atoms with E-state index in [9.17, 15) is 9.59 Å². The number of carbonyl (C=O) groups excluding carboxylic acids is 2. The van der Waals surface area contributed by atoms with Crippen LogP contribution in [0, 0.1) is 5.92 Å². The van der Waals surface area contributed by atoms with Crippen LogP contribution < -0.4 is 0 Å². The van der Waals surface area contributed by atoms with Crippen molar-refractivity contribution < 1.29 is 14.3 Å². The maximum atomic E-state index is 13.0. The number of nitrogens with zero attached hydrogens (tertiary/aromatic N) is 3. The number of carbonyl (C=O) groups is 2. The van der Waals surface area contributed by atoms with Crippen LogP contribution in [0.2, 0.25) is 0 Å². The Morgan fingerprint density at radius 1 is 1.12 bits per heavy atom. The summed E-state index contributed by atoms with van der Waals surface area (Å²) in [5, 5.41) is 0. The predicted molar refractivity (Wildman–Crippen MR) is 122 cm³/mol. The first-order valence-corrected chi connectivity index (χ1v) is 11.8. The van der Waals surface area contributed by atoms with Crippen LogP contribution in [0.5, 0.6) is 0 Å². The molecule has 0 N–H and O–H groups in total. The Kier molecular flexibility index (Phi) is 5.72. The number of hydrogen-bond acceptors (Lipinski definition) is 5. The van der Waals surface area contributed by atoms with Gasteiger partial charge in [0.1, 0.15) is 5.60 Å². The Morgan fingerprint density at radius 3 is 2.56 bits per heavy atom. The fourth-order valence-corrected chi connectivity index (χ4v) is 5.45. The Hall–Kier alpha value is -2.73. The molecular weight excluding hydrogens is 402 g/mol. The minimum Gasteiger partial charge on any atom is -0.449 e. The average Bonchev–Trinajstić information content (AvgIpc) is 3.45. The van der Waals surface area contributed by atoms with Crippen LogP contribution in [0.25, 0.3) is 11.3 Å². The topological polar surface area (TPSA) is 62.7 Å². The highest BCUT2D eigenvalue weighted by atomic mass is 16.6. The third-order valence-corrected chi connectivity index (χ3v) is 7.41. The van der Waals surface area contributed by atoms with Gasteiger partial charge in [0.15, 0.2) is 5.69 Å². The van der Waals surface area contributed by atoms with Gasteiger partial charge >= 0.3 is 5.97 Å². The zero-order valence-electron chi connectivity index (χ0n) is 18.8. The summed E-state index contributed by atoms with van der Waals surface area (Å²) in [7, 11) is 1.92. The molecule has 1 amide bonds. The van der Waals surface area contributed by atoms with Gasteiger partial charge in [0.05, 0.1) is 5.69 Å². The van der Waals surface area contributed by atoms with Gasteiger partial charge in [-0.2, -0.15) is 0 Å². The molecule has 2 fully saturated rings. The number of rotatable bonds is 5. The summed E-state index contributed by atoms with van der Waals surface area (Å²) < 4.78 is 5.92. The predicted octanol–water partition coefficient (Wildman–Crippen LogP) is 3.86. The summed E-state index contributed by atoms with van der Waals surface area (Å²) in [6, 6.07) is 13.8. The van der Waals surface area contributed by atoms with Crippen LogP contribution in [-0.2, 0) is 15.1 Å². The maximum absolute atomic E-state index is 13.0. The zero-order chi connectivity index (χ0) is 22.1. The first-order chi connectivity index (χ1) is 15.6. The monoisotopic (exact) mass is 433 g/mol. The van der Waals surface area contributed by atoms with Crippen molar-refractivity contribution in [2.45, 2.75) is 44.1 Å². The molecule has 0 radical (unpaired) electrons. The van der Waals surface area contributed by atoms with Crippen molar-refractivity contribution in [3.05, 3.63) is 53.7 Å². The van der Waals surface area contributed by atoms with E-state index in [2.05, 4.69) is 9.88 Å². The molecular formula is C26H31N3O3. The number of aromatic nitrogens is 1. The second kappa shape index (κ2) is 8.66. The molecule has 3 aliphatic rings. The maximum Gasteiger partial charge on any atom is 0.358 e. The number of benzene rings is 1. The van der Waals surface area contributed by atoms with Crippen LogP contribution in [0.1, 0.15) is 54.6 Å². The van der Waals surface area contributed by atoms with Gasteiger partial charge < -0.3 is 14.5 Å². The number of pyridine rings is 1. The molecule has 3 heterocycles. The van der Waals surface area contributed by atoms with Gasteiger partial charge in [-0.1, -0.05) is 36.4 Å². The highest BCUT2D eigenvalue weighted by Crippen LogP contribution is 2.48. The van der Waals surface area contributed by atoms with Crippen LogP contribution in [0.4, 0.5) is 0 Å². The van der Waals surface area contributed by atoms with E-state index in [4.69, 9.17) is 4.74 Å². The second-order valence-corrected chi connectivity index (χ2v) is 9.43. The van der Waals surface area contributed by atoms with Crippen molar-refractivity contribution in [2.24, 2.45) is 5.92 Å². The molecule has 1 aromatic carbocycles. The smallest absolute Gasteiger partial charge is 0.358 e. The van der Waals surface area contributed by atoms with Crippen molar-refractivity contribution in [2.75, 3.05) is 33.2 Å². The molecule has 1 saturated carbocycles. The normalized spacial score (nSPS) is 25.0. The Morgan fingerprint density at radius 2 is 1.84 bits per heavy atom. The highest BCUT2D eigenvalue weighted by Gasteiger charge is 2.49. The van der Waals surface area contributed by atoms with Gasteiger partial charge in [-0.25, -0.2) is 9.78 Å². The summed E-state index contributed by atoms with van der Waals surface area (Å²) in [6.07, 6.45) is 5.36. The van der Waals surface area contributed by atoms with Gasteiger partial charge in [0, 0.05) is 37.2 Å². The molecule has 2 aromatic rings. The Balaban J connectivity index is 1.25. The molecule has 6 nitrogen and oxygen atoms in total. The van der Waals surface area contributed by atoms with Crippen LogP contribution in [0.15, 0.2) is 42.5 Å². The summed E-state index contributed by atoms with van der Waals surface area (Å²) >= 11 is 0. The van der Waals surface area contributed by atoms with Crippen molar-refractivity contribution in [1.29, 1.82) is 0 Å². The van der Waals surface area contributed by atoms with Crippen LogP contribution in [-0.4, -0.2) is 59.9 Å². The number of likely N-dealkylation sites (N-methyl/N-ethyl adjacent to an activating group) is 1. The van der Waals surface area contributed by atoms with Gasteiger partial charge in [0.25, 0.3) is 0 Å². The van der Waals surface area contributed by atoms with Crippen LogP contribution >= 0.6 is 0 Å². The van der Waals surface area contributed by atoms with Gasteiger partial charge in [-0.3, -0.25) is 4.79 Å². The molecule has 0 atom stereocenters. The molecule has 2 aliphatic heterocycles. The van der Waals surface area contributed by atoms with Gasteiger partial charge in [-0.05, 0) is 57.7 Å². The molecule has 0 bridgehead atoms. The van der Waals surface area contributed by atoms with E-state index in [0.717, 1.165) is 55.8 Å². The molecule has 1 aliphatic carbocycles. The van der Waals surface area contributed by atoms with E-state index >= 15 is 0 Å². The lowest BCUT2D eigenvalue weighted by Gasteiger charge is -2.37. The molecule has 0 unspecified atom stereocenters. The van der Waals surface area contributed by atoms with Crippen molar-refractivity contribution in [3.8, 4) is 11.3 Å². The molecule has 1 spiro atoms. The fraction of sp³-hybridized carbons (Fsp3) is 0.500. The standard InChI is InChI=1S/C26H31N3O3/c1-28(17-18-29-15-5-6-16-29)24(30)20-11-13-26(14-12-20)21-9-10-22(19-7-3-2-4-8-19)27-23(21)25(31)32-26/h2-4,7-10,20H,5-6,11-18H2,1H3. The molecule has 5 rings (SSSR count). The lowest BCUT2D eigenvalue weighted by atomic mass is 9.75. The third-order valence-electron chi connectivity index (χ3n) is 7.41. The minimum absolute atomic E-state index is 0.00325. The molecule has 1 aromatic heterocycles. The number of esters is 1. The summed E-state index contributed by atoms with van der Waals surface area (Å²) in [5.41, 5.74) is 2.45. The van der Waals surface area contributed by atoms with E-state index in [1.54, 1.807) is 0 Å². The van der Waals surface area contributed by atoms with Crippen LogP contribution in [0.3, 0.4) is 0 Å². The minimum atomic E-state index is -0.625. The number of likely N-dealkylation sites (tertiary alicyclic amines) is 1. The third kappa shape index (κ3) is 3.92. The first-order valence-electron chi connectivity index (χ1n) is 11.8. The lowest BCUT2D eigenvalue weighted by Crippen LogP contribution is -2.41. The molecule has 32 heavy (non-hydrogen) atoms. The number of ether oxygens (including phenoxy) is 1. The second-order valence-electron chi connectivity index (χ2n) is 9.43. The fourth-order valence-electron chi connectivity index (χ4n) is 5.45. The van der Waals surface area contributed by atoms with E-state index in [0.29, 0.717) is 18.5 Å². The van der Waals surface area contributed by atoms with E-state index in [1.807, 2.05) is 54.4 Å². The summed E-state index contributed by atoms with van der Waals surface area (Å²) in [5.74, 6) is -0.116. The van der Waals surface area contributed by atoms with Crippen molar-refractivity contribution in [1.82, 2.24) is 14.8 Å². The summed E-state index contributed by atoms with van der Waals surface area (Å²) in [4.78, 5) is 34.7. The first kappa shape index (κ1) is 21.1. The van der Waals surface area contributed by atoms with Crippen molar-refractivity contribution >= 4 is 11.9 Å². The quantitative estimate of drug-likeness (QED) is 0.670. The average molecular weight is 434 g/mol. The van der Waals surface area contributed by atoms with Gasteiger partial charge in [0.2, 0.25) is 5.91 Å². The Labute approximate surface area is 189 Å². The molecule has 1 saturated heterocycles. The van der Waals surface area contributed by atoms with E-state index in [1.165, 1.54) is 12.8 Å². The molecule has 6 heteroatoms. The van der Waals surface area contributed by atoms with Crippen molar-refractivity contribution in [3.63, 3.8) is 0 Å². The SMILES string of the molecule is CN(CCN1CCCC1)C(=O)C1CCC2(CC1)OC(=O)c1nc(-c3ccccc3)ccc12. The summed E-state index contributed by atoms with van der Waals surface area (Å²) in [6.45, 7) is 4.04. The van der Waals surface area contributed by atoms with Gasteiger partial charge in [-0.15, -0.1) is 0 Å². The number of hydrogen-bond donors (Lipinski definition) is 0. The number of amides is 1.